The number of rotatable bonds is 5. The van der Waals surface area contributed by atoms with E-state index in [4.69, 9.17) is 4.74 Å². The number of H-pyrrole nitrogens is 1. The predicted molar refractivity (Wildman–Crippen MR) is 125 cm³/mol. The van der Waals surface area contributed by atoms with Crippen LogP contribution in [0.15, 0.2) is 29.1 Å². The van der Waals surface area contributed by atoms with Gasteiger partial charge in [0, 0.05) is 25.3 Å². The maximum Gasteiger partial charge on any atom is 0.259 e. The molecular formula is C24H26N6O4. The van der Waals surface area contributed by atoms with Crippen LogP contribution in [0.3, 0.4) is 0 Å². The van der Waals surface area contributed by atoms with Gasteiger partial charge in [0.25, 0.3) is 5.56 Å². The van der Waals surface area contributed by atoms with E-state index in [9.17, 15) is 19.6 Å². The summed E-state index contributed by atoms with van der Waals surface area (Å²) in [5.41, 5.74) is -1.15. The largest absolute Gasteiger partial charge is 0.378 e. The lowest BCUT2D eigenvalue weighted by Gasteiger charge is -2.37. The van der Waals surface area contributed by atoms with Crippen molar-refractivity contribution in [3.05, 3.63) is 45.7 Å². The number of aromatic amines is 1. The van der Waals surface area contributed by atoms with Gasteiger partial charge in [-0.05, 0) is 18.1 Å². The molecule has 5 rings (SSSR count). The number of aromatic nitrogens is 2. The molecule has 2 amide bonds. The van der Waals surface area contributed by atoms with E-state index in [0.717, 1.165) is 19.3 Å². The Labute approximate surface area is 196 Å². The van der Waals surface area contributed by atoms with Crippen LogP contribution in [0.25, 0.3) is 0 Å². The summed E-state index contributed by atoms with van der Waals surface area (Å²) in [6.07, 6.45) is 2.69. The van der Waals surface area contributed by atoms with E-state index in [-0.39, 0.29) is 11.4 Å². The van der Waals surface area contributed by atoms with Crippen molar-refractivity contribution in [2.75, 3.05) is 48.0 Å². The molecule has 2 atom stereocenters. The minimum atomic E-state index is -1.75. The smallest absolute Gasteiger partial charge is 0.259 e. The van der Waals surface area contributed by atoms with Crippen LogP contribution in [-0.2, 0) is 19.7 Å². The summed E-state index contributed by atoms with van der Waals surface area (Å²) >= 11 is 0. The molecule has 1 aromatic heterocycles. The summed E-state index contributed by atoms with van der Waals surface area (Å²) in [4.78, 5) is 51.7. The van der Waals surface area contributed by atoms with Gasteiger partial charge in [-0.2, -0.15) is 10.2 Å². The van der Waals surface area contributed by atoms with Crippen LogP contribution in [0, 0.1) is 17.2 Å². The van der Waals surface area contributed by atoms with Crippen molar-refractivity contribution in [2.45, 2.75) is 31.6 Å². The van der Waals surface area contributed by atoms with Crippen molar-refractivity contribution in [3.8, 4) is 6.07 Å². The van der Waals surface area contributed by atoms with Gasteiger partial charge in [0.05, 0.1) is 24.8 Å². The Kier molecular flexibility index (Phi) is 5.57. The van der Waals surface area contributed by atoms with Crippen LogP contribution in [0.1, 0.15) is 37.3 Å². The van der Waals surface area contributed by atoms with E-state index in [2.05, 4.69) is 22.2 Å². The molecule has 3 aliphatic rings. The second-order valence-electron chi connectivity index (χ2n) is 8.75. The van der Waals surface area contributed by atoms with Gasteiger partial charge in [-0.3, -0.25) is 19.4 Å². The second kappa shape index (κ2) is 8.57. The predicted octanol–water partition coefficient (Wildman–Crippen LogP) is 1.52. The molecule has 1 spiro atoms. The minimum Gasteiger partial charge on any atom is -0.378 e. The number of para-hydroxylation sites is 1. The molecule has 34 heavy (non-hydrogen) atoms. The highest BCUT2D eigenvalue weighted by atomic mass is 16.5. The van der Waals surface area contributed by atoms with Gasteiger partial charge < -0.3 is 19.9 Å². The molecule has 0 bridgehead atoms. The first-order chi connectivity index (χ1) is 16.5. The molecule has 10 nitrogen and oxygen atoms in total. The highest BCUT2D eigenvalue weighted by molar-refractivity contribution is 6.17. The molecule has 2 N–H and O–H groups in total. The quantitative estimate of drug-likeness (QED) is 0.644. The normalized spacial score (nSPS) is 23.5. The number of nitriles is 1. The third-order valence-electron chi connectivity index (χ3n) is 6.87. The number of unbranched alkanes of at least 4 members (excludes halogenated alkanes) is 2. The first-order valence-electron chi connectivity index (χ1n) is 11.6. The topological polar surface area (TPSA) is 131 Å². The number of fused-ring (bicyclic) bond motifs is 4. The van der Waals surface area contributed by atoms with Crippen molar-refractivity contribution >= 4 is 29.3 Å². The summed E-state index contributed by atoms with van der Waals surface area (Å²) in [5, 5.41) is 12.7. The Morgan fingerprint density at radius 2 is 1.97 bits per heavy atom. The Hall–Kier alpha value is -3.71. The van der Waals surface area contributed by atoms with E-state index >= 15 is 0 Å². The maximum atomic E-state index is 14.1. The number of amides is 2. The molecule has 0 saturated carbocycles. The van der Waals surface area contributed by atoms with Crippen molar-refractivity contribution in [3.63, 3.8) is 0 Å². The van der Waals surface area contributed by atoms with Crippen LogP contribution >= 0.6 is 0 Å². The molecule has 0 unspecified atom stereocenters. The lowest BCUT2D eigenvalue weighted by atomic mass is 9.65. The van der Waals surface area contributed by atoms with Gasteiger partial charge in [0.1, 0.15) is 17.2 Å². The first kappa shape index (κ1) is 22.1. The second-order valence-corrected chi connectivity index (χ2v) is 8.75. The Balaban J connectivity index is 1.72. The number of hydrogen-bond donors (Lipinski definition) is 2. The fraction of sp³-hybridized carbons (Fsp3) is 0.458. The lowest BCUT2D eigenvalue weighted by molar-refractivity contribution is -0.129. The van der Waals surface area contributed by atoms with Gasteiger partial charge in [0.2, 0.25) is 17.8 Å². The third-order valence-corrected chi connectivity index (χ3v) is 6.87. The number of ether oxygens (including phenoxy) is 1. The summed E-state index contributed by atoms with van der Waals surface area (Å²) in [6.45, 7) is 4.57. The zero-order valence-corrected chi connectivity index (χ0v) is 19.0. The molecule has 1 saturated heterocycles. The van der Waals surface area contributed by atoms with E-state index < -0.39 is 28.7 Å². The van der Waals surface area contributed by atoms with Crippen molar-refractivity contribution < 1.29 is 14.3 Å². The molecular weight excluding hydrogens is 436 g/mol. The fourth-order valence-corrected chi connectivity index (χ4v) is 5.27. The SMILES string of the molecule is CCCCCN1C(=O)[C@]2(c3ccccc31)c1c(nc(N3CCOCC3)[nH]c1=O)NC(=O)[C@H]2C#N. The van der Waals surface area contributed by atoms with Gasteiger partial charge in [-0.15, -0.1) is 0 Å². The van der Waals surface area contributed by atoms with Gasteiger partial charge >= 0.3 is 0 Å². The van der Waals surface area contributed by atoms with E-state index in [1.807, 2.05) is 17.0 Å². The van der Waals surface area contributed by atoms with Crippen LogP contribution in [0.4, 0.5) is 17.5 Å². The average Bonchev–Trinajstić information content (AvgIpc) is 3.08. The highest BCUT2D eigenvalue weighted by Crippen LogP contribution is 2.53. The number of morpholine rings is 1. The van der Waals surface area contributed by atoms with E-state index in [1.165, 1.54) is 0 Å². The number of carbonyl (C=O) groups is 2. The zero-order valence-electron chi connectivity index (χ0n) is 19.0. The average molecular weight is 463 g/mol. The summed E-state index contributed by atoms with van der Waals surface area (Å²) in [6, 6.07) is 9.13. The van der Waals surface area contributed by atoms with E-state index in [0.29, 0.717) is 50.0 Å². The molecule has 0 radical (unpaired) electrons. The van der Waals surface area contributed by atoms with Crippen LogP contribution < -0.4 is 20.7 Å². The maximum absolute atomic E-state index is 14.1. The van der Waals surface area contributed by atoms with Crippen molar-refractivity contribution in [1.82, 2.24) is 9.97 Å². The minimum absolute atomic E-state index is 0.0195. The molecule has 1 fully saturated rings. The third kappa shape index (κ3) is 3.11. The van der Waals surface area contributed by atoms with Crippen LogP contribution in [0.2, 0.25) is 0 Å². The first-order valence-corrected chi connectivity index (χ1v) is 11.6. The van der Waals surface area contributed by atoms with Crippen molar-refractivity contribution in [1.29, 1.82) is 5.26 Å². The fourth-order valence-electron chi connectivity index (χ4n) is 5.27. The summed E-state index contributed by atoms with van der Waals surface area (Å²) < 4.78 is 5.37. The number of carbonyl (C=O) groups excluding carboxylic acids is 2. The number of hydrogen-bond acceptors (Lipinski definition) is 7. The Morgan fingerprint density at radius 1 is 1.21 bits per heavy atom. The molecule has 4 heterocycles. The molecule has 10 heteroatoms. The number of anilines is 3. The standard InChI is InChI=1S/C24H26N6O4/c1-2-3-6-9-30-17-8-5-4-7-15(17)24(22(30)33)16(14-25)20(31)26-19-18(24)21(32)28-23(27-19)29-10-12-34-13-11-29/h4-5,7-8,16H,2-3,6,9-13H2,1H3,(H2,26,27,28,31,32)/t16-,24+/m1/s1. The number of benzene rings is 1. The molecule has 176 valence electrons. The molecule has 2 aromatic rings. The Bertz CT molecular complexity index is 1240. The number of nitrogens with zero attached hydrogens (tertiary/aromatic N) is 4. The molecule has 0 aliphatic carbocycles. The molecule has 1 aromatic carbocycles. The number of nitrogens with one attached hydrogen (secondary N) is 2. The highest BCUT2D eigenvalue weighted by Gasteiger charge is 2.63. The Morgan fingerprint density at radius 3 is 2.71 bits per heavy atom. The van der Waals surface area contributed by atoms with E-state index in [1.54, 1.807) is 23.1 Å². The van der Waals surface area contributed by atoms with Crippen LogP contribution in [-0.4, -0.2) is 54.6 Å². The van der Waals surface area contributed by atoms with Gasteiger partial charge in [-0.25, -0.2) is 0 Å². The summed E-state index contributed by atoms with van der Waals surface area (Å²) in [5.74, 6) is -2.14. The monoisotopic (exact) mass is 462 g/mol. The lowest BCUT2D eigenvalue weighted by Crippen LogP contribution is -2.56. The van der Waals surface area contributed by atoms with Crippen LogP contribution in [0.5, 0.6) is 0 Å². The van der Waals surface area contributed by atoms with Crippen molar-refractivity contribution in [2.24, 2.45) is 5.92 Å². The van der Waals surface area contributed by atoms with Gasteiger partial charge in [-0.1, -0.05) is 38.0 Å². The molecule has 3 aliphatic heterocycles. The summed E-state index contributed by atoms with van der Waals surface area (Å²) in [7, 11) is 0. The van der Waals surface area contributed by atoms with Gasteiger partial charge in [0.15, 0.2) is 0 Å². The zero-order chi connectivity index (χ0) is 23.9.